The van der Waals surface area contributed by atoms with Crippen LogP contribution >= 0.6 is 0 Å². The number of hydrogen-bond acceptors (Lipinski definition) is 4. The first-order chi connectivity index (χ1) is 46.7. The zero-order valence-corrected chi connectivity index (χ0v) is 51.7. The van der Waals surface area contributed by atoms with E-state index in [1.54, 1.807) is 0 Å². The fraction of sp³-hybridized carbons (Fsp3) is 0. The molecule has 0 aromatic heterocycles. The highest BCUT2D eigenvalue weighted by molar-refractivity contribution is 6.18. The van der Waals surface area contributed by atoms with Crippen LogP contribution in [0.2, 0.25) is 0 Å². The molecule has 0 fully saturated rings. The van der Waals surface area contributed by atoms with E-state index >= 15 is 0 Å². The van der Waals surface area contributed by atoms with Gasteiger partial charge in [0.05, 0.1) is 11.4 Å². The van der Waals surface area contributed by atoms with Crippen LogP contribution in [0.1, 0.15) is 0 Å². The van der Waals surface area contributed by atoms with Crippen LogP contribution in [-0.4, -0.2) is 0 Å². The molecule has 0 unspecified atom stereocenters. The minimum absolute atomic E-state index is 1.04. The van der Waals surface area contributed by atoms with Gasteiger partial charge in [0.15, 0.2) is 0 Å². The van der Waals surface area contributed by atoms with Crippen LogP contribution in [0, 0.1) is 0 Å². The van der Waals surface area contributed by atoms with E-state index < -0.39 is 0 Å². The van der Waals surface area contributed by atoms with Crippen molar-refractivity contribution in [3.05, 3.63) is 388 Å². The largest absolute Gasteiger partial charge is 0.311 e. The SMILES string of the molecule is c1ccc(-c2c(-c3ccc(N(c4ccc(N(c5ccccc5)c5ccccc5)cc4)c4cccc5ccccc45)cc3)c(-c3ccc(N(c4ccc(N(c5ccccc5)c5ccccc5)cc4)c4cccc5ccccc45)cc3)c(-c3ccccc3)c3ccccc23)cc1. The van der Waals surface area contributed by atoms with Crippen LogP contribution in [0.5, 0.6) is 0 Å². The zero-order valence-electron chi connectivity index (χ0n) is 51.7. The van der Waals surface area contributed by atoms with Gasteiger partial charge in [0.1, 0.15) is 0 Å². The van der Waals surface area contributed by atoms with E-state index in [9.17, 15) is 0 Å². The molecule has 0 aliphatic heterocycles. The Hall–Kier alpha value is -12.5. The molecule has 4 nitrogen and oxygen atoms in total. The topological polar surface area (TPSA) is 13.0 Å². The van der Waals surface area contributed by atoms with E-state index in [1.807, 2.05) is 0 Å². The third-order valence-corrected chi connectivity index (χ3v) is 18.0. The second kappa shape index (κ2) is 25.4. The van der Waals surface area contributed by atoms with E-state index in [0.717, 1.165) is 102 Å². The Morgan fingerprint density at radius 1 is 0.128 bits per heavy atom. The summed E-state index contributed by atoms with van der Waals surface area (Å²) in [4.78, 5) is 9.46. The minimum Gasteiger partial charge on any atom is -0.311 e. The van der Waals surface area contributed by atoms with Gasteiger partial charge in [0, 0.05) is 67.6 Å². The van der Waals surface area contributed by atoms with Crippen molar-refractivity contribution < 1.29 is 0 Å². The Morgan fingerprint density at radius 3 is 0.649 bits per heavy atom. The Labute approximate surface area is 549 Å². The minimum atomic E-state index is 1.04. The molecule has 4 heteroatoms. The molecule has 0 aliphatic rings. The molecule has 0 heterocycles. The van der Waals surface area contributed by atoms with Gasteiger partial charge in [-0.05, 0) is 200 Å². The summed E-state index contributed by atoms with van der Waals surface area (Å²) in [6, 6.07) is 141. The molecule has 0 radical (unpaired) electrons. The Bertz CT molecular complexity index is 4840. The van der Waals surface area contributed by atoms with Gasteiger partial charge >= 0.3 is 0 Å². The summed E-state index contributed by atoms with van der Waals surface area (Å²) in [5.41, 5.74) is 22.1. The molecule has 16 aromatic rings. The number of rotatable bonds is 16. The highest BCUT2D eigenvalue weighted by atomic mass is 15.2. The molecular weight excluding hydrogens is 1140 g/mol. The maximum atomic E-state index is 2.41. The van der Waals surface area contributed by atoms with Gasteiger partial charge in [-0.1, -0.05) is 255 Å². The van der Waals surface area contributed by atoms with Crippen molar-refractivity contribution >= 4 is 101 Å². The van der Waals surface area contributed by atoms with Gasteiger partial charge in [-0.25, -0.2) is 0 Å². The van der Waals surface area contributed by atoms with Crippen molar-refractivity contribution in [2.75, 3.05) is 19.6 Å². The fourth-order valence-electron chi connectivity index (χ4n) is 13.7. The van der Waals surface area contributed by atoms with E-state index in [0.29, 0.717) is 0 Å². The maximum absolute atomic E-state index is 2.41. The summed E-state index contributed by atoms with van der Waals surface area (Å²) < 4.78 is 0. The van der Waals surface area contributed by atoms with Crippen LogP contribution in [-0.2, 0) is 0 Å². The van der Waals surface area contributed by atoms with Crippen molar-refractivity contribution in [3.8, 4) is 44.5 Å². The number of nitrogens with zero attached hydrogens (tertiary/aromatic N) is 4. The lowest BCUT2D eigenvalue weighted by molar-refractivity contribution is 1.26. The molecule has 0 spiro atoms. The van der Waals surface area contributed by atoms with Gasteiger partial charge in [-0.3, -0.25) is 0 Å². The Morgan fingerprint density at radius 2 is 0.340 bits per heavy atom. The van der Waals surface area contributed by atoms with E-state index in [-0.39, 0.29) is 0 Å². The second-order valence-corrected chi connectivity index (χ2v) is 23.6. The molecule has 16 rings (SSSR count). The third-order valence-electron chi connectivity index (χ3n) is 18.0. The molecule has 444 valence electrons. The smallest absolute Gasteiger partial charge is 0.0540 e. The first kappa shape index (κ1) is 56.7. The van der Waals surface area contributed by atoms with Crippen LogP contribution < -0.4 is 19.6 Å². The average molecular weight is 1200 g/mol. The van der Waals surface area contributed by atoms with Gasteiger partial charge < -0.3 is 19.6 Å². The average Bonchev–Trinajstić information content (AvgIpc) is 0.727. The number of fused-ring (bicyclic) bond motifs is 3. The molecule has 0 saturated carbocycles. The van der Waals surface area contributed by atoms with Crippen LogP contribution in [0.3, 0.4) is 0 Å². The number of hydrogen-bond donors (Lipinski definition) is 0. The Balaban J connectivity index is 0.872. The van der Waals surface area contributed by atoms with Gasteiger partial charge in [-0.15, -0.1) is 0 Å². The van der Waals surface area contributed by atoms with Crippen molar-refractivity contribution in [1.29, 1.82) is 0 Å². The normalized spacial score (nSPS) is 11.2. The van der Waals surface area contributed by atoms with Crippen molar-refractivity contribution in [3.63, 3.8) is 0 Å². The highest BCUT2D eigenvalue weighted by Crippen LogP contribution is 2.53. The van der Waals surface area contributed by atoms with E-state index in [2.05, 4.69) is 408 Å². The number of para-hydroxylation sites is 4. The fourth-order valence-corrected chi connectivity index (χ4v) is 13.7. The second-order valence-electron chi connectivity index (χ2n) is 23.6. The number of anilines is 12. The monoisotopic (exact) mass is 1200 g/mol. The van der Waals surface area contributed by atoms with E-state index in [1.165, 1.54) is 43.4 Å². The summed E-state index contributed by atoms with van der Waals surface area (Å²) in [5, 5.41) is 7.07. The Kier molecular flexibility index (Phi) is 15.3. The van der Waals surface area contributed by atoms with Gasteiger partial charge in [0.2, 0.25) is 0 Å². The van der Waals surface area contributed by atoms with Gasteiger partial charge in [-0.2, -0.15) is 0 Å². The van der Waals surface area contributed by atoms with E-state index in [4.69, 9.17) is 0 Å². The van der Waals surface area contributed by atoms with Crippen molar-refractivity contribution in [2.24, 2.45) is 0 Å². The summed E-state index contributed by atoms with van der Waals surface area (Å²) in [6.45, 7) is 0. The van der Waals surface area contributed by atoms with Crippen LogP contribution in [0.25, 0.3) is 76.8 Å². The summed E-state index contributed by atoms with van der Waals surface area (Å²) in [7, 11) is 0. The summed E-state index contributed by atoms with van der Waals surface area (Å²) in [5.74, 6) is 0. The zero-order chi connectivity index (χ0) is 62.6. The molecule has 94 heavy (non-hydrogen) atoms. The quantitative estimate of drug-likeness (QED) is 0.0956. The summed E-state index contributed by atoms with van der Waals surface area (Å²) >= 11 is 0. The standard InChI is InChI=1S/C90H64N4/c1-7-29-67(30-8-1)87-83-45-23-24-46-84(83)88(68-31-9-2-10-32-68)90(70-51-55-78(56-52-70)94(86-48-26-34-66-28-20-22-44-82(66)86)80-63-59-76(60-64-80)92(73-39-15-5-16-40-73)74-41-17-6-18-42-74)89(87)69-49-53-77(54-50-69)93(85-47-25-33-65-27-19-21-43-81(65)85)79-61-57-75(58-62-79)91(71-35-11-3-12-36-71)72-37-13-4-14-38-72/h1-64H. The van der Waals surface area contributed by atoms with Crippen molar-refractivity contribution in [2.45, 2.75) is 0 Å². The summed E-state index contributed by atoms with van der Waals surface area (Å²) in [6.07, 6.45) is 0. The molecule has 0 atom stereocenters. The predicted octanol–water partition coefficient (Wildman–Crippen LogP) is 25.7. The van der Waals surface area contributed by atoms with Gasteiger partial charge in [0.25, 0.3) is 0 Å². The predicted molar refractivity (Wildman–Crippen MR) is 399 cm³/mol. The van der Waals surface area contributed by atoms with Crippen LogP contribution in [0.15, 0.2) is 388 Å². The lowest BCUT2D eigenvalue weighted by Gasteiger charge is -2.30. The molecule has 0 N–H and O–H groups in total. The lowest BCUT2D eigenvalue weighted by atomic mass is 9.79. The maximum Gasteiger partial charge on any atom is 0.0540 e. The molecular formula is C90H64N4. The molecule has 16 aromatic carbocycles. The first-order valence-corrected chi connectivity index (χ1v) is 32.2. The van der Waals surface area contributed by atoms with Crippen LogP contribution in [0.4, 0.5) is 68.2 Å². The lowest BCUT2D eigenvalue weighted by Crippen LogP contribution is -2.12. The molecule has 0 amide bonds. The van der Waals surface area contributed by atoms with Crippen molar-refractivity contribution in [1.82, 2.24) is 0 Å². The third kappa shape index (κ3) is 10.8. The molecule has 0 saturated heterocycles. The molecule has 0 bridgehead atoms. The molecule has 0 aliphatic carbocycles. The number of benzene rings is 16. The first-order valence-electron chi connectivity index (χ1n) is 32.2. The highest BCUT2D eigenvalue weighted by Gasteiger charge is 2.27.